The molecule has 0 bridgehead atoms. The van der Waals surface area contributed by atoms with Crippen LogP contribution in [-0.2, 0) is 9.59 Å². The summed E-state index contributed by atoms with van der Waals surface area (Å²) in [4.78, 5) is 22.4. The molecule has 1 aliphatic carbocycles. The Hall–Kier alpha value is -1.40. The fourth-order valence-corrected chi connectivity index (χ4v) is 2.62. The van der Waals surface area contributed by atoms with E-state index in [1.807, 2.05) is 6.92 Å². The van der Waals surface area contributed by atoms with Gasteiger partial charge in [0, 0.05) is 30.6 Å². The molecule has 4 unspecified atom stereocenters. The highest BCUT2D eigenvalue weighted by Gasteiger charge is 2.34. The summed E-state index contributed by atoms with van der Waals surface area (Å²) in [7, 11) is 0. The fourth-order valence-electron chi connectivity index (χ4n) is 2.62. The van der Waals surface area contributed by atoms with E-state index in [9.17, 15) is 9.59 Å². The van der Waals surface area contributed by atoms with Gasteiger partial charge in [0.2, 0.25) is 5.91 Å². The summed E-state index contributed by atoms with van der Waals surface area (Å²) < 4.78 is 0. The molecule has 0 aliphatic heterocycles. The van der Waals surface area contributed by atoms with Crippen LogP contribution in [0.25, 0.3) is 0 Å². The topological polar surface area (TPSA) is 104 Å². The van der Waals surface area contributed by atoms with E-state index in [0.29, 0.717) is 5.57 Å². The molecule has 0 aromatic carbocycles. The average molecular weight is 283 g/mol. The number of hydrogen-bond acceptors (Lipinski definition) is 4. The summed E-state index contributed by atoms with van der Waals surface area (Å²) in [6.07, 6.45) is 3.96. The number of nitrogens with two attached hydrogens (primary N) is 1. The number of carbonyl (C=O) groups is 2. The zero-order valence-electron chi connectivity index (χ0n) is 12.3. The zero-order chi connectivity index (χ0) is 15.3. The molecule has 0 saturated carbocycles. The second kappa shape index (κ2) is 7.40. The lowest BCUT2D eigenvalue weighted by Crippen LogP contribution is -2.61. The number of hydrogen-bond donors (Lipinski definition) is 4. The predicted octanol–water partition coefficient (Wildman–Crippen LogP) is 0.380. The monoisotopic (exact) mass is 283 g/mol. The van der Waals surface area contributed by atoms with Crippen molar-refractivity contribution in [2.24, 2.45) is 5.73 Å². The number of aliphatic carboxylic acids is 1. The van der Waals surface area contributed by atoms with Gasteiger partial charge in [-0.3, -0.25) is 4.79 Å². The quantitative estimate of drug-likeness (QED) is 0.564. The lowest BCUT2D eigenvalue weighted by molar-refractivity contribution is -0.133. The normalized spacial score (nSPS) is 27.6. The van der Waals surface area contributed by atoms with Gasteiger partial charge in [0.15, 0.2) is 0 Å². The van der Waals surface area contributed by atoms with E-state index in [1.165, 1.54) is 6.92 Å². The van der Waals surface area contributed by atoms with Crippen LogP contribution in [0.4, 0.5) is 0 Å². The van der Waals surface area contributed by atoms with E-state index in [2.05, 4.69) is 17.6 Å². The Kier molecular flexibility index (Phi) is 6.16. The van der Waals surface area contributed by atoms with Gasteiger partial charge in [0.1, 0.15) is 0 Å². The molecular weight excluding hydrogens is 258 g/mol. The van der Waals surface area contributed by atoms with Crippen molar-refractivity contribution in [2.75, 3.05) is 0 Å². The van der Waals surface area contributed by atoms with Crippen LogP contribution in [0.1, 0.15) is 40.0 Å². The number of rotatable bonds is 6. The summed E-state index contributed by atoms with van der Waals surface area (Å²) in [6, 6.07) is -0.704. The minimum Gasteiger partial charge on any atom is -0.478 e. The zero-order valence-corrected chi connectivity index (χ0v) is 12.3. The van der Waals surface area contributed by atoms with Gasteiger partial charge >= 0.3 is 5.97 Å². The van der Waals surface area contributed by atoms with Gasteiger partial charge in [-0.1, -0.05) is 19.4 Å². The molecule has 0 spiro atoms. The Labute approximate surface area is 119 Å². The molecule has 0 heterocycles. The van der Waals surface area contributed by atoms with Crippen molar-refractivity contribution < 1.29 is 14.7 Å². The van der Waals surface area contributed by atoms with Gasteiger partial charge in [-0.05, 0) is 19.8 Å². The molecule has 114 valence electrons. The van der Waals surface area contributed by atoms with Crippen LogP contribution in [-0.4, -0.2) is 41.2 Å². The molecule has 0 aromatic rings. The average Bonchev–Trinajstić information content (AvgIpc) is 2.32. The smallest absolute Gasteiger partial charge is 0.331 e. The van der Waals surface area contributed by atoms with Crippen molar-refractivity contribution in [3.8, 4) is 0 Å². The van der Waals surface area contributed by atoms with E-state index < -0.39 is 12.0 Å². The molecule has 4 atom stereocenters. The van der Waals surface area contributed by atoms with Crippen molar-refractivity contribution in [2.45, 2.75) is 64.2 Å². The predicted molar refractivity (Wildman–Crippen MR) is 77.2 cm³/mol. The van der Waals surface area contributed by atoms with Crippen LogP contribution in [0.5, 0.6) is 0 Å². The Balaban J connectivity index is 2.90. The Morgan fingerprint density at radius 2 is 2.20 bits per heavy atom. The highest BCUT2D eigenvalue weighted by Crippen LogP contribution is 2.19. The van der Waals surface area contributed by atoms with Crippen molar-refractivity contribution in [3.63, 3.8) is 0 Å². The molecule has 5 N–H and O–H groups in total. The molecule has 6 nitrogen and oxygen atoms in total. The maximum absolute atomic E-state index is 11.3. The van der Waals surface area contributed by atoms with Crippen LogP contribution in [0.3, 0.4) is 0 Å². The van der Waals surface area contributed by atoms with Crippen LogP contribution in [0.2, 0.25) is 0 Å². The van der Waals surface area contributed by atoms with Gasteiger partial charge in [-0.25, -0.2) is 4.79 Å². The fraction of sp³-hybridized carbons (Fsp3) is 0.714. The highest BCUT2D eigenvalue weighted by atomic mass is 16.4. The minimum atomic E-state index is -0.948. The Morgan fingerprint density at radius 1 is 1.55 bits per heavy atom. The third-order valence-corrected chi connectivity index (χ3v) is 3.53. The molecule has 0 aromatic heterocycles. The number of carboxylic acids is 1. The van der Waals surface area contributed by atoms with Crippen molar-refractivity contribution in [3.05, 3.63) is 11.6 Å². The summed E-state index contributed by atoms with van der Waals surface area (Å²) in [5.74, 6) is -1.11. The maximum atomic E-state index is 11.3. The van der Waals surface area contributed by atoms with Crippen molar-refractivity contribution >= 4 is 11.9 Å². The third kappa shape index (κ3) is 4.61. The van der Waals surface area contributed by atoms with Gasteiger partial charge < -0.3 is 21.5 Å². The van der Waals surface area contributed by atoms with E-state index in [4.69, 9.17) is 10.8 Å². The Morgan fingerprint density at radius 3 is 2.70 bits per heavy atom. The molecule has 1 aliphatic rings. The highest BCUT2D eigenvalue weighted by molar-refractivity contribution is 5.87. The molecule has 6 heteroatoms. The SMILES string of the molecule is CCCC(C)NC1C=C(C(=O)O)CC(N)C1NC(C)=O. The lowest BCUT2D eigenvalue weighted by atomic mass is 9.86. The second-order valence-electron chi connectivity index (χ2n) is 5.47. The van der Waals surface area contributed by atoms with Crippen LogP contribution >= 0.6 is 0 Å². The molecule has 0 fully saturated rings. The molecule has 1 rings (SSSR count). The molecular formula is C14H25N3O3. The number of nitrogens with one attached hydrogen (secondary N) is 2. The molecule has 0 radical (unpaired) electrons. The minimum absolute atomic E-state index is 0.160. The van der Waals surface area contributed by atoms with Crippen molar-refractivity contribution in [1.82, 2.24) is 10.6 Å². The second-order valence-corrected chi connectivity index (χ2v) is 5.47. The van der Waals surface area contributed by atoms with Crippen LogP contribution in [0, 0.1) is 0 Å². The van der Waals surface area contributed by atoms with E-state index in [-0.39, 0.29) is 30.5 Å². The maximum Gasteiger partial charge on any atom is 0.331 e. The number of amides is 1. The first-order chi connectivity index (χ1) is 9.35. The summed E-state index contributed by atoms with van der Waals surface area (Å²) in [6.45, 7) is 5.58. The van der Waals surface area contributed by atoms with Crippen molar-refractivity contribution in [1.29, 1.82) is 0 Å². The first kappa shape index (κ1) is 16.7. The summed E-state index contributed by atoms with van der Waals surface area (Å²) >= 11 is 0. The van der Waals surface area contributed by atoms with E-state index in [1.54, 1.807) is 6.08 Å². The summed E-state index contributed by atoms with van der Waals surface area (Å²) in [5, 5.41) is 15.3. The van der Waals surface area contributed by atoms with E-state index in [0.717, 1.165) is 12.8 Å². The molecule has 20 heavy (non-hydrogen) atoms. The van der Waals surface area contributed by atoms with Gasteiger partial charge in [0.25, 0.3) is 0 Å². The standard InChI is InChI=1S/C14H25N3O3/c1-4-5-8(2)16-12-7-10(14(19)20)6-11(15)13(12)17-9(3)18/h7-8,11-13,16H,4-6,15H2,1-3H3,(H,17,18)(H,19,20). The summed E-state index contributed by atoms with van der Waals surface area (Å²) in [5.41, 5.74) is 6.34. The van der Waals surface area contributed by atoms with Crippen LogP contribution < -0.4 is 16.4 Å². The lowest BCUT2D eigenvalue weighted by Gasteiger charge is -2.36. The first-order valence-electron chi connectivity index (χ1n) is 7.07. The largest absolute Gasteiger partial charge is 0.478 e. The first-order valence-corrected chi connectivity index (χ1v) is 7.07. The van der Waals surface area contributed by atoms with Gasteiger partial charge in [-0.15, -0.1) is 0 Å². The number of carboxylic acid groups (broad SMARTS) is 1. The van der Waals surface area contributed by atoms with E-state index >= 15 is 0 Å². The van der Waals surface area contributed by atoms with Gasteiger partial charge in [-0.2, -0.15) is 0 Å². The van der Waals surface area contributed by atoms with Crippen LogP contribution in [0.15, 0.2) is 11.6 Å². The molecule has 1 amide bonds. The molecule has 0 saturated heterocycles. The third-order valence-electron chi connectivity index (χ3n) is 3.53. The Bertz CT molecular complexity index is 395. The number of carbonyl (C=O) groups excluding carboxylic acids is 1. The van der Waals surface area contributed by atoms with Gasteiger partial charge in [0.05, 0.1) is 6.04 Å².